The van der Waals surface area contributed by atoms with E-state index >= 15 is 0 Å². The first-order chi connectivity index (χ1) is 22.1. The van der Waals surface area contributed by atoms with Crippen LogP contribution in [0.4, 0.5) is 0 Å². The van der Waals surface area contributed by atoms with Crippen LogP contribution in [0, 0.1) is 0 Å². The van der Waals surface area contributed by atoms with Crippen molar-refractivity contribution in [1.29, 1.82) is 0 Å². The molecule has 1 heterocycles. The van der Waals surface area contributed by atoms with Crippen molar-refractivity contribution in [2.24, 2.45) is 0 Å². The maximum atomic E-state index is 9.78. The molecule has 0 radical (unpaired) electrons. The molecule has 2 N–H and O–H groups in total. The van der Waals surface area contributed by atoms with E-state index in [0.29, 0.717) is 21.8 Å². The van der Waals surface area contributed by atoms with Crippen molar-refractivity contribution in [1.82, 2.24) is 4.57 Å². The molecule has 4 heteroatoms. The van der Waals surface area contributed by atoms with E-state index in [4.69, 9.17) is 16.4 Å². The molecule has 0 atom stereocenters. The molecule has 0 aliphatic carbocycles. The number of hydrogen-bond donors (Lipinski definition) is 2. The number of aromatic nitrogens is 1. The Hall–Kier alpha value is -4.12. The van der Waals surface area contributed by atoms with Crippen LogP contribution in [-0.4, -0.2) is 21.7 Å². The van der Waals surface area contributed by atoms with Gasteiger partial charge >= 0.3 is 7.12 Å². The van der Waals surface area contributed by atoms with Crippen molar-refractivity contribution in [2.45, 2.75) is 0 Å². The summed E-state index contributed by atoms with van der Waals surface area (Å²) in [7, 11) is -1.77. The fourth-order valence-electron chi connectivity index (χ4n) is 3.90. The molecule has 0 unspecified atom stereocenters. The molecule has 0 saturated heterocycles. The molecule has 0 spiro atoms. The van der Waals surface area contributed by atoms with E-state index in [1.807, 2.05) is 0 Å². The molecule has 0 fully saturated rings. The first-order valence-corrected chi connectivity index (χ1v) is 10.3. The number of fused-ring (bicyclic) bond motifs is 3. The van der Waals surface area contributed by atoms with Gasteiger partial charge in [0.2, 0.25) is 0 Å². The van der Waals surface area contributed by atoms with Crippen LogP contribution in [0.3, 0.4) is 0 Å². The van der Waals surface area contributed by atoms with E-state index in [-0.39, 0.29) is 11.2 Å². The van der Waals surface area contributed by atoms with Gasteiger partial charge in [-0.1, -0.05) is 96.8 Å². The fraction of sp³-hybridized carbons (Fsp3) is 0. The average molecular weight is 452 g/mol. The monoisotopic (exact) mass is 452 g/mol. The highest BCUT2D eigenvalue weighted by atomic mass is 16.4. The van der Waals surface area contributed by atoms with Gasteiger partial charge in [-0.25, -0.2) is 0 Å². The van der Waals surface area contributed by atoms with Crippen molar-refractivity contribution >= 4 is 34.4 Å². The molecular formula is C30H22BNO2. The minimum Gasteiger partial charge on any atom is -0.423 e. The van der Waals surface area contributed by atoms with Gasteiger partial charge < -0.3 is 14.6 Å². The highest BCUT2D eigenvalue weighted by molar-refractivity contribution is 6.59. The number of benzene rings is 5. The van der Waals surface area contributed by atoms with Crippen LogP contribution in [0.1, 0.15) is 17.8 Å². The van der Waals surface area contributed by atoms with Crippen LogP contribution in [0.2, 0.25) is 0 Å². The zero-order valence-corrected chi connectivity index (χ0v) is 17.5. The minimum absolute atomic E-state index is 0.184. The van der Waals surface area contributed by atoms with Crippen molar-refractivity contribution in [2.75, 3.05) is 0 Å². The summed E-state index contributed by atoms with van der Waals surface area (Å²) in [5.74, 6) is 0. The van der Waals surface area contributed by atoms with Crippen molar-refractivity contribution in [3.63, 3.8) is 0 Å². The Bertz CT molecular complexity index is 2280. The summed E-state index contributed by atoms with van der Waals surface area (Å²) in [6.07, 6.45) is 0. The van der Waals surface area contributed by atoms with E-state index in [0.717, 1.165) is 0 Å². The summed E-state index contributed by atoms with van der Waals surface area (Å²) in [6, 6.07) is 2.21. The smallest absolute Gasteiger partial charge is 0.423 e. The second kappa shape index (κ2) is 8.34. The van der Waals surface area contributed by atoms with E-state index in [1.54, 1.807) is 30.3 Å². The summed E-state index contributed by atoms with van der Waals surface area (Å²) in [5, 5.41) is 20.7. The number of rotatable bonds is 4. The van der Waals surface area contributed by atoms with Crippen molar-refractivity contribution in [3.05, 3.63) is 121 Å². The van der Waals surface area contributed by atoms with Gasteiger partial charge in [0.05, 0.1) is 28.9 Å². The lowest BCUT2D eigenvalue weighted by molar-refractivity contribution is 0.426. The predicted molar refractivity (Wildman–Crippen MR) is 141 cm³/mol. The quantitative estimate of drug-likeness (QED) is 0.332. The Morgan fingerprint density at radius 1 is 0.618 bits per heavy atom. The highest BCUT2D eigenvalue weighted by Crippen LogP contribution is 2.33. The molecular weight excluding hydrogens is 417 g/mol. The Morgan fingerprint density at radius 2 is 1.26 bits per heavy atom. The molecule has 6 rings (SSSR count). The third-order valence-electron chi connectivity index (χ3n) is 5.46. The lowest BCUT2D eigenvalue weighted by atomic mass is 9.80. The van der Waals surface area contributed by atoms with Gasteiger partial charge in [-0.05, 0) is 51.9 Å². The van der Waals surface area contributed by atoms with Gasteiger partial charge in [0.25, 0.3) is 0 Å². The van der Waals surface area contributed by atoms with Crippen LogP contribution in [0.15, 0.2) is 121 Å². The third-order valence-corrected chi connectivity index (χ3v) is 5.46. The molecule has 34 heavy (non-hydrogen) atoms. The van der Waals surface area contributed by atoms with Crippen LogP contribution in [0.5, 0.6) is 0 Å². The Morgan fingerprint density at radius 3 is 2.03 bits per heavy atom. The molecule has 0 saturated carbocycles. The summed E-state index contributed by atoms with van der Waals surface area (Å²) in [4.78, 5) is 0. The molecule has 3 nitrogen and oxygen atoms in total. The normalized spacial score (nSPS) is 16.6. The first kappa shape index (κ1) is 10.9. The van der Waals surface area contributed by atoms with E-state index in [9.17, 15) is 11.4 Å². The number of para-hydroxylation sites is 1. The first-order valence-electron chi connectivity index (χ1n) is 16.8. The standard InChI is InChI=1S/C30H22BNO2/c33-31(34)25-17-18-30-28(20-25)27-11-4-5-12-29(27)32(30)26-10-6-9-24(19-26)23-15-13-22(14-16-23)21-7-2-1-3-8-21/h1-20,33-34H/i1D,2D,3D,6D,7D,8D,9D,10D,13D,14D,15D,16D,19D. The minimum atomic E-state index is -1.77. The fourth-order valence-corrected chi connectivity index (χ4v) is 3.90. The maximum Gasteiger partial charge on any atom is 0.488 e. The number of nitrogens with zero attached hydrogens (tertiary/aromatic N) is 1. The third kappa shape index (κ3) is 3.50. The van der Waals surface area contributed by atoms with Gasteiger partial charge in [0, 0.05) is 16.5 Å². The Balaban J connectivity index is 1.72. The molecule has 0 amide bonds. The molecule has 6 aromatic rings. The van der Waals surface area contributed by atoms with Crippen LogP contribution >= 0.6 is 0 Å². The van der Waals surface area contributed by atoms with Crippen molar-refractivity contribution < 1.29 is 27.9 Å². The van der Waals surface area contributed by atoms with Gasteiger partial charge in [-0.3, -0.25) is 0 Å². The van der Waals surface area contributed by atoms with Crippen LogP contribution < -0.4 is 5.46 Å². The Kier molecular flexibility index (Phi) is 2.67. The second-order valence-corrected chi connectivity index (χ2v) is 7.48. The van der Waals surface area contributed by atoms with Crippen LogP contribution in [-0.2, 0) is 0 Å². The average Bonchev–Trinajstić information content (AvgIpc) is 3.37. The Labute approximate surface area is 216 Å². The lowest BCUT2D eigenvalue weighted by Crippen LogP contribution is -2.29. The number of hydrogen-bond acceptors (Lipinski definition) is 2. The molecule has 1 aromatic heterocycles. The molecule has 0 bridgehead atoms. The van der Waals surface area contributed by atoms with E-state index in [1.165, 1.54) is 16.7 Å². The highest BCUT2D eigenvalue weighted by Gasteiger charge is 2.16. The predicted octanol–water partition coefficient (Wildman–Crippen LogP) is 5.80. The topological polar surface area (TPSA) is 45.4 Å². The molecule has 162 valence electrons. The van der Waals surface area contributed by atoms with E-state index < -0.39 is 108 Å². The lowest BCUT2D eigenvalue weighted by Gasteiger charge is -2.11. The zero-order valence-electron chi connectivity index (χ0n) is 30.5. The summed E-state index contributed by atoms with van der Waals surface area (Å²) < 4.78 is 113. The molecule has 0 aliphatic rings. The van der Waals surface area contributed by atoms with E-state index in [2.05, 4.69) is 0 Å². The second-order valence-electron chi connectivity index (χ2n) is 7.48. The SMILES string of the molecule is [2H]c1c([2H])c([2H])c(-c2c([2H])c([2H])c(-c3c([2H])c([2H])c([2H])c(-n4c5ccccc5c5cc(B(O)O)ccc54)c3[2H])c([2H])c2[2H])c([2H])c1[2H]. The molecule has 0 aliphatic heterocycles. The van der Waals surface area contributed by atoms with Crippen LogP contribution in [0.25, 0.3) is 49.7 Å². The summed E-state index contributed by atoms with van der Waals surface area (Å²) in [6.45, 7) is 0. The molecule has 5 aromatic carbocycles. The van der Waals surface area contributed by atoms with Gasteiger partial charge in [-0.2, -0.15) is 0 Å². The summed E-state index contributed by atoms with van der Waals surface area (Å²) in [5.41, 5.74) is -1.25. The van der Waals surface area contributed by atoms with Gasteiger partial charge in [0.1, 0.15) is 0 Å². The maximum absolute atomic E-state index is 9.78. The van der Waals surface area contributed by atoms with Crippen molar-refractivity contribution in [3.8, 4) is 27.9 Å². The van der Waals surface area contributed by atoms with Gasteiger partial charge in [0.15, 0.2) is 0 Å². The van der Waals surface area contributed by atoms with Gasteiger partial charge in [-0.15, -0.1) is 0 Å². The largest absolute Gasteiger partial charge is 0.488 e. The summed E-state index contributed by atoms with van der Waals surface area (Å²) >= 11 is 0. The zero-order chi connectivity index (χ0) is 34.4.